The number of aromatic nitrogens is 1. The summed E-state index contributed by atoms with van der Waals surface area (Å²) in [7, 11) is 0. The lowest BCUT2D eigenvalue weighted by Gasteiger charge is -2.12. The second-order valence-electron chi connectivity index (χ2n) is 4.43. The summed E-state index contributed by atoms with van der Waals surface area (Å²) in [6.45, 7) is 2.11. The van der Waals surface area contributed by atoms with Crippen LogP contribution in [0.5, 0.6) is 5.75 Å². The largest absolute Gasteiger partial charge is 0.487 e. The minimum Gasteiger partial charge on any atom is -0.487 e. The van der Waals surface area contributed by atoms with Crippen molar-refractivity contribution in [3.05, 3.63) is 58.9 Å². The first kappa shape index (κ1) is 14.4. The highest BCUT2D eigenvalue weighted by atomic mass is 19.1. The first-order valence-corrected chi connectivity index (χ1v) is 6.34. The van der Waals surface area contributed by atoms with Crippen LogP contribution in [0.15, 0.2) is 30.3 Å². The topological polar surface area (TPSA) is 48.1 Å². The Hall–Kier alpha value is -2.01. The second kappa shape index (κ2) is 6.43. The van der Waals surface area contributed by atoms with Gasteiger partial charge in [0.2, 0.25) is 0 Å². The summed E-state index contributed by atoms with van der Waals surface area (Å²) < 4.78 is 32.5. The number of ether oxygens (including phenoxy) is 1. The van der Waals surface area contributed by atoms with Crippen molar-refractivity contribution in [2.45, 2.75) is 20.0 Å². The van der Waals surface area contributed by atoms with Gasteiger partial charge in [0.25, 0.3) is 0 Å². The van der Waals surface area contributed by atoms with Gasteiger partial charge in [0.15, 0.2) is 0 Å². The Kier molecular flexibility index (Phi) is 4.63. The van der Waals surface area contributed by atoms with Crippen molar-refractivity contribution in [3.63, 3.8) is 0 Å². The Morgan fingerprint density at radius 3 is 2.50 bits per heavy atom. The molecular weight excluding hydrogens is 262 g/mol. The molecule has 1 heterocycles. The van der Waals surface area contributed by atoms with Crippen molar-refractivity contribution in [3.8, 4) is 5.75 Å². The Morgan fingerprint density at radius 1 is 1.15 bits per heavy atom. The van der Waals surface area contributed by atoms with Gasteiger partial charge < -0.3 is 10.5 Å². The molecule has 1 aromatic carbocycles. The molecule has 20 heavy (non-hydrogen) atoms. The van der Waals surface area contributed by atoms with E-state index in [2.05, 4.69) is 4.98 Å². The standard InChI is InChI=1S/C15H16F2N2O/c1-10-5-6-15(14(19-10)7-8-18)20-9-11-12(16)3-2-4-13(11)17/h2-6H,7-9,18H2,1H3. The lowest BCUT2D eigenvalue weighted by molar-refractivity contribution is 0.288. The van der Waals surface area contributed by atoms with Gasteiger partial charge in [0.05, 0.1) is 11.3 Å². The van der Waals surface area contributed by atoms with Crippen LogP contribution >= 0.6 is 0 Å². The van der Waals surface area contributed by atoms with Gasteiger partial charge in [-0.3, -0.25) is 4.98 Å². The van der Waals surface area contributed by atoms with Gasteiger partial charge in [-0.25, -0.2) is 8.78 Å². The van der Waals surface area contributed by atoms with Crippen LogP contribution in [0, 0.1) is 18.6 Å². The number of nitrogens with zero attached hydrogens (tertiary/aromatic N) is 1. The Labute approximate surface area is 116 Å². The van der Waals surface area contributed by atoms with Crippen LogP contribution in [0.3, 0.4) is 0 Å². The maximum absolute atomic E-state index is 13.5. The molecule has 2 aromatic rings. The summed E-state index contributed by atoms with van der Waals surface area (Å²) >= 11 is 0. The summed E-state index contributed by atoms with van der Waals surface area (Å²) in [4.78, 5) is 4.33. The molecule has 1 aromatic heterocycles. The van der Waals surface area contributed by atoms with E-state index in [1.54, 1.807) is 12.1 Å². The molecule has 0 radical (unpaired) electrons. The lowest BCUT2D eigenvalue weighted by Crippen LogP contribution is -2.09. The SMILES string of the molecule is Cc1ccc(OCc2c(F)cccc2F)c(CCN)n1. The van der Waals surface area contributed by atoms with Crippen molar-refractivity contribution in [1.29, 1.82) is 0 Å². The van der Waals surface area contributed by atoms with Gasteiger partial charge in [-0.05, 0) is 37.7 Å². The van der Waals surface area contributed by atoms with E-state index in [-0.39, 0.29) is 12.2 Å². The van der Waals surface area contributed by atoms with Gasteiger partial charge in [-0.15, -0.1) is 0 Å². The van der Waals surface area contributed by atoms with Gasteiger partial charge >= 0.3 is 0 Å². The average Bonchev–Trinajstić information content (AvgIpc) is 2.40. The first-order chi connectivity index (χ1) is 9.61. The highest BCUT2D eigenvalue weighted by Crippen LogP contribution is 2.20. The molecule has 5 heteroatoms. The van der Waals surface area contributed by atoms with Crippen molar-refractivity contribution >= 4 is 0 Å². The van der Waals surface area contributed by atoms with E-state index in [0.29, 0.717) is 24.4 Å². The van der Waals surface area contributed by atoms with Crippen molar-refractivity contribution in [2.24, 2.45) is 5.73 Å². The fourth-order valence-electron chi connectivity index (χ4n) is 1.87. The highest BCUT2D eigenvalue weighted by molar-refractivity contribution is 5.30. The molecular formula is C15H16F2N2O. The minimum atomic E-state index is -0.620. The van der Waals surface area contributed by atoms with Gasteiger partial charge in [-0.2, -0.15) is 0 Å². The summed E-state index contributed by atoms with van der Waals surface area (Å²) in [5, 5.41) is 0. The average molecular weight is 278 g/mol. The van der Waals surface area contributed by atoms with E-state index < -0.39 is 11.6 Å². The van der Waals surface area contributed by atoms with E-state index in [0.717, 1.165) is 5.69 Å². The number of pyridine rings is 1. The maximum Gasteiger partial charge on any atom is 0.141 e. The van der Waals surface area contributed by atoms with Crippen LogP contribution in [-0.2, 0) is 13.0 Å². The molecule has 0 amide bonds. The van der Waals surface area contributed by atoms with Crippen LogP contribution in [0.4, 0.5) is 8.78 Å². The molecule has 0 bridgehead atoms. The smallest absolute Gasteiger partial charge is 0.141 e. The van der Waals surface area contributed by atoms with Crippen molar-refractivity contribution < 1.29 is 13.5 Å². The summed E-state index contributed by atoms with van der Waals surface area (Å²) in [6, 6.07) is 7.26. The maximum atomic E-state index is 13.5. The summed E-state index contributed by atoms with van der Waals surface area (Å²) in [5.41, 5.74) is 6.97. The zero-order valence-corrected chi connectivity index (χ0v) is 11.2. The predicted molar refractivity (Wildman–Crippen MR) is 72.4 cm³/mol. The molecule has 2 rings (SSSR count). The molecule has 3 nitrogen and oxygen atoms in total. The van der Waals surface area contributed by atoms with Crippen LogP contribution < -0.4 is 10.5 Å². The van der Waals surface area contributed by atoms with Gasteiger partial charge in [0, 0.05) is 12.1 Å². The molecule has 0 spiro atoms. The molecule has 0 aliphatic heterocycles. The van der Waals surface area contributed by atoms with E-state index in [1.807, 2.05) is 6.92 Å². The quantitative estimate of drug-likeness (QED) is 0.914. The molecule has 0 saturated heterocycles. The number of nitrogens with two attached hydrogens (primary N) is 1. The third kappa shape index (κ3) is 3.30. The fraction of sp³-hybridized carbons (Fsp3) is 0.267. The van der Waals surface area contributed by atoms with Crippen molar-refractivity contribution in [2.75, 3.05) is 6.54 Å². The molecule has 2 N–H and O–H groups in total. The predicted octanol–water partition coefficient (Wildman–Crippen LogP) is 2.75. The highest BCUT2D eigenvalue weighted by Gasteiger charge is 2.11. The molecule has 0 fully saturated rings. The monoisotopic (exact) mass is 278 g/mol. The Morgan fingerprint density at radius 2 is 1.85 bits per heavy atom. The molecule has 0 saturated carbocycles. The van der Waals surface area contributed by atoms with E-state index >= 15 is 0 Å². The van der Waals surface area contributed by atoms with Gasteiger partial charge in [-0.1, -0.05) is 6.07 Å². The van der Waals surface area contributed by atoms with Gasteiger partial charge in [0.1, 0.15) is 24.0 Å². The van der Waals surface area contributed by atoms with E-state index in [1.165, 1.54) is 18.2 Å². The van der Waals surface area contributed by atoms with E-state index in [9.17, 15) is 8.78 Å². The molecule has 0 aliphatic carbocycles. The number of hydrogen-bond donors (Lipinski definition) is 1. The number of rotatable bonds is 5. The number of hydrogen-bond acceptors (Lipinski definition) is 3. The number of aryl methyl sites for hydroxylation is 1. The lowest BCUT2D eigenvalue weighted by atomic mass is 10.2. The molecule has 0 unspecified atom stereocenters. The summed E-state index contributed by atoms with van der Waals surface area (Å²) in [6.07, 6.45) is 0.552. The Bertz CT molecular complexity index is 582. The van der Waals surface area contributed by atoms with Crippen LogP contribution in [0.2, 0.25) is 0 Å². The zero-order valence-electron chi connectivity index (χ0n) is 11.2. The van der Waals surface area contributed by atoms with Crippen LogP contribution in [-0.4, -0.2) is 11.5 Å². The molecule has 0 aliphatic rings. The van der Waals surface area contributed by atoms with Crippen LogP contribution in [0.1, 0.15) is 17.0 Å². The third-order valence-corrected chi connectivity index (χ3v) is 2.89. The number of benzene rings is 1. The first-order valence-electron chi connectivity index (χ1n) is 6.34. The van der Waals surface area contributed by atoms with Crippen LogP contribution in [0.25, 0.3) is 0 Å². The summed E-state index contributed by atoms with van der Waals surface area (Å²) in [5.74, 6) is -0.736. The molecule has 106 valence electrons. The normalized spacial score (nSPS) is 10.6. The second-order valence-corrected chi connectivity index (χ2v) is 4.43. The zero-order chi connectivity index (χ0) is 14.5. The van der Waals surface area contributed by atoms with E-state index in [4.69, 9.17) is 10.5 Å². The van der Waals surface area contributed by atoms with Crippen molar-refractivity contribution in [1.82, 2.24) is 4.98 Å². The number of halogens is 2. The third-order valence-electron chi connectivity index (χ3n) is 2.89. The fourth-order valence-corrected chi connectivity index (χ4v) is 1.87. The minimum absolute atomic E-state index is 0.0910. The Balaban J connectivity index is 2.18. The molecule has 0 atom stereocenters.